The first-order valence-electron chi connectivity index (χ1n) is 10.7. The van der Waals surface area contributed by atoms with Crippen LogP contribution in [0.25, 0.3) is 0 Å². The van der Waals surface area contributed by atoms with Crippen molar-refractivity contribution in [3.05, 3.63) is 90.0 Å². The molecule has 0 spiro atoms. The van der Waals surface area contributed by atoms with E-state index in [4.69, 9.17) is 4.74 Å². The number of carbonyl (C=O) groups excluding carboxylic acids is 2. The molecule has 10 heteroatoms. The van der Waals surface area contributed by atoms with Crippen LogP contribution in [0.1, 0.15) is 18.1 Å². The Labute approximate surface area is 204 Å². The normalized spacial score (nSPS) is 11.4. The van der Waals surface area contributed by atoms with E-state index >= 15 is 0 Å². The van der Waals surface area contributed by atoms with Crippen molar-refractivity contribution in [1.29, 1.82) is 0 Å². The topological polar surface area (TPSA) is 117 Å². The van der Waals surface area contributed by atoms with Crippen LogP contribution in [0.15, 0.2) is 88.9 Å². The Bertz CT molecular complexity index is 1290. The zero-order valence-electron chi connectivity index (χ0n) is 19.3. The van der Waals surface area contributed by atoms with E-state index in [1.54, 1.807) is 18.2 Å². The number of ether oxygens (including phenoxy) is 1. The molecule has 182 valence electrons. The Balaban J connectivity index is 1.52. The maximum Gasteiger partial charge on any atom is 0.255 e. The van der Waals surface area contributed by atoms with Gasteiger partial charge < -0.3 is 10.1 Å². The summed E-state index contributed by atoms with van der Waals surface area (Å²) in [5.41, 5.74) is 4.55. The lowest BCUT2D eigenvalue weighted by Crippen LogP contribution is -2.36. The largest absolute Gasteiger partial charge is 0.489 e. The zero-order valence-corrected chi connectivity index (χ0v) is 20.2. The van der Waals surface area contributed by atoms with Crippen molar-refractivity contribution < 1.29 is 22.7 Å². The van der Waals surface area contributed by atoms with Crippen molar-refractivity contribution in [2.75, 3.05) is 18.9 Å². The average Bonchev–Trinajstić information content (AvgIpc) is 2.83. The minimum Gasteiger partial charge on any atom is -0.489 e. The van der Waals surface area contributed by atoms with Gasteiger partial charge in [-0.2, -0.15) is 9.41 Å². The summed E-state index contributed by atoms with van der Waals surface area (Å²) in [5, 5.41) is 6.47. The number of nitrogens with zero attached hydrogens (tertiary/aromatic N) is 2. The molecule has 0 aliphatic carbocycles. The molecule has 0 aliphatic heterocycles. The van der Waals surface area contributed by atoms with Crippen LogP contribution in [0.3, 0.4) is 0 Å². The number of rotatable bonds is 10. The number of hydrogen-bond donors (Lipinski definition) is 2. The molecule has 0 atom stereocenters. The molecule has 0 bridgehead atoms. The number of likely N-dealkylation sites (N-methyl/N-ethyl adjacent to an activating group) is 1. The predicted octanol–water partition coefficient (Wildman–Crippen LogP) is 2.99. The van der Waals surface area contributed by atoms with E-state index < -0.39 is 22.5 Å². The molecule has 2 N–H and O–H groups in total. The van der Waals surface area contributed by atoms with Gasteiger partial charge in [-0.1, -0.05) is 42.5 Å². The SMILES string of the molecule is CC(=O)Nc1ccc(S(=O)(=O)N(C)CC(=O)N/N=C/c2cccc(OCc3ccccc3)c2)cc1. The highest BCUT2D eigenvalue weighted by molar-refractivity contribution is 7.89. The molecule has 0 radical (unpaired) electrons. The van der Waals surface area contributed by atoms with Gasteiger partial charge in [-0.15, -0.1) is 0 Å². The molecule has 3 aromatic rings. The summed E-state index contributed by atoms with van der Waals surface area (Å²) in [7, 11) is -2.60. The number of hydrazone groups is 1. The zero-order chi connectivity index (χ0) is 25.3. The summed E-state index contributed by atoms with van der Waals surface area (Å²) in [6.07, 6.45) is 1.45. The Morgan fingerprint density at radius 3 is 2.40 bits per heavy atom. The number of anilines is 1. The summed E-state index contributed by atoms with van der Waals surface area (Å²) >= 11 is 0. The van der Waals surface area contributed by atoms with Crippen molar-refractivity contribution in [3.63, 3.8) is 0 Å². The van der Waals surface area contributed by atoms with Gasteiger partial charge in [0.05, 0.1) is 17.7 Å². The molecule has 0 saturated carbocycles. The van der Waals surface area contributed by atoms with Gasteiger partial charge in [-0.05, 0) is 47.5 Å². The first-order valence-corrected chi connectivity index (χ1v) is 12.1. The van der Waals surface area contributed by atoms with E-state index in [2.05, 4.69) is 15.8 Å². The smallest absolute Gasteiger partial charge is 0.255 e. The van der Waals surface area contributed by atoms with Crippen LogP contribution in [-0.4, -0.2) is 44.3 Å². The molecule has 0 unspecified atom stereocenters. The monoisotopic (exact) mass is 494 g/mol. The molecule has 3 rings (SSSR count). The van der Waals surface area contributed by atoms with E-state index in [0.29, 0.717) is 23.6 Å². The lowest BCUT2D eigenvalue weighted by Gasteiger charge is -2.16. The molecule has 0 fully saturated rings. The van der Waals surface area contributed by atoms with Gasteiger partial charge >= 0.3 is 0 Å². The molecule has 35 heavy (non-hydrogen) atoms. The number of benzene rings is 3. The third kappa shape index (κ3) is 7.76. The maximum absolute atomic E-state index is 12.7. The molecule has 3 aromatic carbocycles. The second-order valence-corrected chi connectivity index (χ2v) is 9.65. The maximum atomic E-state index is 12.7. The molecule has 0 heterocycles. The first kappa shape index (κ1) is 25.6. The summed E-state index contributed by atoms with van der Waals surface area (Å²) < 4.78 is 32.1. The third-order valence-electron chi connectivity index (χ3n) is 4.76. The van der Waals surface area contributed by atoms with E-state index in [1.807, 2.05) is 36.4 Å². The van der Waals surface area contributed by atoms with Gasteiger partial charge in [0.2, 0.25) is 15.9 Å². The summed E-state index contributed by atoms with van der Waals surface area (Å²) in [4.78, 5) is 23.3. The fourth-order valence-corrected chi connectivity index (χ4v) is 4.15. The van der Waals surface area contributed by atoms with Gasteiger partial charge in [0.15, 0.2) is 0 Å². The van der Waals surface area contributed by atoms with Crippen molar-refractivity contribution in [2.24, 2.45) is 5.10 Å². The molecule has 2 amide bonds. The Morgan fingerprint density at radius 2 is 1.71 bits per heavy atom. The quantitative estimate of drug-likeness (QED) is 0.332. The predicted molar refractivity (Wildman–Crippen MR) is 134 cm³/mol. The van der Waals surface area contributed by atoms with Crippen molar-refractivity contribution in [1.82, 2.24) is 9.73 Å². The average molecular weight is 495 g/mol. The number of hydrogen-bond acceptors (Lipinski definition) is 6. The molecule has 9 nitrogen and oxygen atoms in total. The molecule has 0 saturated heterocycles. The lowest BCUT2D eigenvalue weighted by molar-refractivity contribution is -0.121. The summed E-state index contributed by atoms with van der Waals surface area (Å²) in [5.74, 6) is -0.209. The van der Waals surface area contributed by atoms with Gasteiger partial charge in [0.25, 0.3) is 5.91 Å². The number of carbonyl (C=O) groups is 2. The van der Waals surface area contributed by atoms with Crippen molar-refractivity contribution in [3.8, 4) is 5.75 Å². The second kappa shape index (κ2) is 11.9. The molecule has 0 aliphatic rings. The minimum atomic E-state index is -3.90. The standard InChI is InChI=1S/C25H26N4O5S/c1-19(30)27-22-11-13-24(14-12-22)35(32,33)29(2)17-25(31)28-26-16-21-9-6-10-23(15-21)34-18-20-7-4-3-5-8-20/h3-16H,17-18H2,1-2H3,(H,27,30)(H,28,31)/b26-16+. The second-order valence-electron chi connectivity index (χ2n) is 7.61. The number of amides is 2. The van der Waals surface area contributed by atoms with Crippen LogP contribution < -0.4 is 15.5 Å². The first-order chi connectivity index (χ1) is 16.7. The highest BCUT2D eigenvalue weighted by atomic mass is 32.2. The Morgan fingerprint density at radius 1 is 1.00 bits per heavy atom. The van der Waals surface area contributed by atoms with E-state index in [0.717, 1.165) is 9.87 Å². The van der Waals surface area contributed by atoms with E-state index in [-0.39, 0.29) is 10.8 Å². The fourth-order valence-electron chi connectivity index (χ4n) is 3.02. The summed E-state index contributed by atoms with van der Waals surface area (Å²) in [6, 6.07) is 22.6. The van der Waals surface area contributed by atoms with Crippen LogP contribution >= 0.6 is 0 Å². The van der Waals surface area contributed by atoms with Crippen LogP contribution in [-0.2, 0) is 26.2 Å². The highest BCUT2D eigenvalue weighted by Gasteiger charge is 2.22. The molecular weight excluding hydrogens is 468 g/mol. The number of sulfonamides is 1. The minimum absolute atomic E-state index is 0.00211. The van der Waals surface area contributed by atoms with Gasteiger partial charge in [0.1, 0.15) is 12.4 Å². The Hall–Kier alpha value is -4.02. The number of nitrogens with one attached hydrogen (secondary N) is 2. The fraction of sp³-hybridized carbons (Fsp3) is 0.160. The van der Waals surface area contributed by atoms with E-state index in [1.165, 1.54) is 44.5 Å². The van der Waals surface area contributed by atoms with Crippen LogP contribution in [0.2, 0.25) is 0 Å². The van der Waals surface area contributed by atoms with Gasteiger partial charge in [0, 0.05) is 19.7 Å². The van der Waals surface area contributed by atoms with Gasteiger partial charge in [-0.25, -0.2) is 13.8 Å². The Kier molecular flexibility index (Phi) is 8.71. The van der Waals surface area contributed by atoms with Gasteiger partial charge in [-0.3, -0.25) is 9.59 Å². The van der Waals surface area contributed by atoms with Crippen LogP contribution in [0, 0.1) is 0 Å². The third-order valence-corrected chi connectivity index (χ3v) is 6.58. The molecular formula is C25H26N4O5S. The molecule has 0 aromatic heterocycles. The van der Waals surface area contributed by atoms with Crippen LogP contribution in [0.5, 0.6) is 5.75 Å². The van der Waals surface area contributed by atoms with Crippen molar-refractivity contribution in [2.45, 2.75) is 18.4 Å². The summed E-state index contributed by atoms with van der Waals surface area (Å²) in [6.45, 7) is 1.36. The lowest BCUT2D eigenvalue weighted by atomic mass is 10.2. The highest BCUT2D eigenvalue weighted by Crippen LogP contribution is 2.17. The van der Waals surface area contributed by atoms with E-state index in [9.17, 15) is 18.0 Å². The van der Waals surface area contributed by atoms with Crippen molar-refractivity contribution >= 4 is 33.7 Å². The van der Waals surface area contributed by atoms with Crippen LogP contribution in [0.4, 0.5) is 5.69 Å².